The smallest absolute Gasteiger partial charge is 0.0536 e. The van der Waals surface area contributed by atoms with Crippen molar-refractivity contribution in [2.75, 3.05) is 5.75 Å². The van der Waals surface area contributed by atoms with E-state index in [4.69, 9.17) is 0 Å². The molecule has 0 N–H and O–H groups in total. The minimum absolute atomic E-state index is 0.661. The van der Waals surface area contributed by atoms with Crippen molar-refractivity contribution in [1.82, 2.24) is 4.98 Å². The zero-order chi connectivity index (χ0) is 9.10. The van der Waals surface area contributed by atoms with E-state index in [9.17, 15) is 0 Å². The van der Waals surface area contributed by atoms with Crippen molar-refractivity contribution in [1.29, 1.82) is 0 Å². The first-order valence-electron chi connectivity index (χ1n) is 4.91. The summed E-state index contributed by atoms with van der Waals surface area (Å²) in [5.41, 5.74) is 2.42. The van der Waals surface area contributed by atoms with E-state index in [1.54, 1.807) is 0 Å². The molecule has 0 aliphatic carbocycles. The lowest BCUT2D eigenvalue weighted by Crippen LogP contribution is -2.04. The van der Waals surface area contributed by atoms with Crippen LogP contribution in [0, 0.1) is 6.92 Å². The summed E-state index contributed by atoms with van der Waals surface area (Å²) in [5.74, 6) is 1.31. The molecule has 0 bridgehead atoms. The molecule has 0 aromatic carbocycles. The summed E-state index contributed by atoms with van der Waals surface area (Å²) < 4.78 is 0. The zero-order valence-corrected chi connectivity index (χ0v) is 8.81. The predicted octanol–water partition coefficient (Wildman–Crippen LogP) is 3.35. The lowest BCUT2D eigenvalue weighted by atomic mass is 10.1. The fourth-order valence-corrected chi connectivity index (χ4v) is 3.01. The van der Waals surface area contributed by atoms with Gasteiger partial charge in [0.25, 0.3) is 0 Å². The van der Waals surface area contributed by atoms with Crippen LogP contribution in [0.5, 0.6) is 0 Å². The molecule has 1 saturated heterocycles. The van der Waals surface area contributed by atoms with Crippen molar-refractivity contribution in [3.8, 4) is 0 Å². The molecule has 1 aromatic heterocycles. The molecular formula is C11H15NS. The second-order valence-corrected chi connectivity index (χ2v) is 4.87. The Labute approximate surface area is 84.0 Å². The van der Waals surface area contributed by atoms with Gasteiger partial charge in [-0.1, -0.05) is 12.5 Å². The average molecular weight is 193 g/mol. The quantitative estimate of drug-likeness (QED) is 0.678. The Kier molecular flexibility index (Phi) is 2.89. The van der Waals surface area contributed by atoms with Crippen LogP contribution in [-0.4, -0.2) is 10.7 Å². The van der Waals surface area contributed by atoms with Gasteiger partial charge in [-0.3, -0.25) is 4.98 Å². The standard InChI is InChI=1S/C11H15NS/c1-9-5-4-6-10(12-9)11-7-2-3-8-13-11/h4-6,11H,2-3,7-8H2,1H3. The topological polar surface area (TPSA) is 12.9 Å². The van der Waals surface area contributed by atoms with Crippen LogP contribution in [0.25, 0.3) is 0 Å². The summed E-state index contributed by atoms with van der Waals surface area (Å²) in [5, 5.41) is 0.661. The van der Waals surface area contributed by atoms with E-state index in [2.05, 4.69) is 41.9 Å². The molecule has 1 aromatic rings. The molecule has 1 aliphatic rings. The number of pyridine rings is 1. The molecule has 0 spiro atoms. The maximum absolute atomic E-state index is 4.58. The molecule has 0 amide bonds. The van der Waals surface area contributed by atoms with Gasteiger partial charge in [-0.15, -0.1) is 0 Å². The maximum Gasteiger partial charge on any atom is 0.0536 e. The first-order chi connectivity index (χ1) is 6.36. The van der Waals surface area contributed by atoms with Gasteiger partial charge in [-0.25, -0.2) is 0 Å². The highest BCUT2D eigenvalue weighted by molar-refractivity contribution is 7.99. The summed E-state index contributed by atoms with van der Waals surface area (Å²) in [7, 11) is 0. The monoisotopic (exact) mass is 193 g/mol. The predicted molar refractivity (Wildman–Crippen MR) is 58.0 cm³/mol. The summed E-state index contributed by atoms with van der Waals surface area (Å²) in [6, 6.07) is 6.35. The van der Waals surface area contributed by atoms with Gasteiger partial charge in [0.2, 0.25) is 0 Å². The minimum Gasteiger partial charge on any atom is -0.257 e. The largest absolute Gasteiger partial charge is 0.257 e. The molecule has 1 nitrogen and oxygen atoms in total. The highest BCUT2D eigenvalue weighted by Crippen LogP contribution is 2.37. The molecule has 0 saturated carbocycles. The van der Waals surface area contributed by atoms with Crippen molar-refractivity contribution < 1.29 is 0 Å². The van der Waals surface area contributed by atoms with Gasteiger partial charge < -0.3 is 0 Å². The molecular weight excluding hydrogens is 178 g/mol. The summed E-state index contributed by atoms with van der Waals surface area (Å²) in [6.45, 7) is 2.07. The zero-order valence-electron chi connectivity index (χ0n) is 7.99. The fourth-order valence-electron chi connectivity index (χ4n) is 1.72. The first kappa shape index (κ1) is 9.07. The fraction of sp³-hybridized carbons (Fsp3) is 0.545. The Morgan fingerprint density at radius 2 is 2.31 bits per heavy atom. The second kappa shape index (κ2) is 4.14. The molecule has 1 unspecified atom stereocenters. The van der Waals surface area contributed by atoms with Crippen LogP contribution in [0.4, 0.5) is 0 Å². The van der Waals surface area contributed by atoms with Crippen LogP contribution in [-0.2, 0) is 0 Å². The van der Waals surface area contributed by atoms with E-state index in [-0.39, 0.29) is 0 Å². The van der Waals surface area contributed by atoms with Gasteiger partial charge in [0.05, 0.1) is 5.69 Å². The number of hydrogen-bond donors (Lipinski definition) is 0. The normalized spacial score (nSPS) is 23.0. The first-order valence-corrected chi connectivity index (χ1v) is 5.96. The van der Waals surface area contributed by atoms with E-state index in [0.717, 1.165) is 5.69 Å². The SMILES string of the molecule is Cc1cccc(C2CCCCS2)n1. The Morgan fingerprint density at radius 1 is 1.38 bits per heavy atom. The lowest BCUT2D eigenvalue weighted by molar-refractivity contribution is 0.674. The van der Waals surface area contributed by atoms with Crippen LogP contribution < -0.4 is 0 Å². The molecule has 1 fully saturated rings. The van der Waals surface area contributed by atoms with Crippen molar-refractivity contribution >= 4 is 11.8 Å². The third kappa shape index (κ3) is 2.25. The Bertz CT molecular complexity index is 279. The number of nitrogens with zero attached hydrogens (tertiary/aromatic N) is 1. The van der Waals surface area contributed by atoms with Crippen LogP contribution in [0.3, 0.4) is 0 Å². The number of hydrogen-bond acceptors (Lipinski definition) is 2. The van der Waals surface area contributed by atoms with Crippen molar-refractivity contribution in [2.24, 2.45) is 0 Å². The Balaban J connectivity index is 2.14. The number of aryl methyl sites for hydroxylation is 1. The Morgan fingerprint density at radius 3 is 3.00 bits per heavy atom. The summed E-state index contributed by atoms with van der Waals surface area (Å²) in [4.78, 5) is 4.58. The lowest BCUT2D eigenvalue weighted by Gasteiger charge is -2.20. The van der Waals surface area contributed by atoms with Gasteiger partial charge in [-0.2, -0.15) is 11.8 Å². The molecule has 13 heavy (non-hydrogen) atoms. The van der Waals surface area contributed by atoms with Gasteiger partial charge in [0.1, 0.15) is 0 Å². The van der Waals surface area contributed by atoms with Crippen LogP contribution in [0.2, 0.25) is 0 Å². The van der Waals surface area contributed by atoms with Crippen molar-refractivity contribution in [3.05, 3.63) is 29.6 Å². The summed E-state index contributed by atoms with van der Waals surface area (Å²) >= 11 is 2.06. The number of aromatic nitrogens is 1. The van der Waals surface area contributed by atoms with E-state index >= 15 is 0 Å². The van der Waals surface area contributed by atoms with E-state index in [0.29, 0.717) is 5.25 Å². The van der Waals surface area contributed by atoms with Crippen LogP contribution >= 0.6 is 11.8 Å². The van der Waals surface area contributed by atoms with Crippen LogP contribution in [0.1, 0.15) is 35.9 Å². The van der Waals surface area contributed by atoms with Gasteiger partial charge >= 0.3 is 0 Å². The molecule has 0 radical (unpaired) electrons. The highest BCUT2D eigenvalue weighted by Gasteiger charge is 2.16. The minimum atomic E-state index is 0.661. The van der Waals surface area contributed by atoms with E-state index < -0.39 is 0 Å². The summed E-state index contributed by atoms with van der Waals surface area (Å²) in [6.07, 6.45) is 4.06. The molecule has 2 rings (SSSR count). The average Bonchev–Trinajstić information content (AvgIpc) is 2.19. The number of thioether (sulfide) groups is 1. The third-order valence-electron chi connectivity index (χ3n) is 2.42. The number of rotatable bonds is 1. The third-order valence-corrected chi connectivity index (χ3v) is 3.82. The highest BCUT2D eigenvalue weighted by atomic mass is 32.2. The van der Waals surface area contributed by atoms with E-state index in [1.165, 1.54) is 30.7 Å². The molecule has 1 atom stereocenters. The second-order valence-electron chi connectivity index (χ2n) is 3.56. The molecule has 70 valence electrons. The maximum atomic E-state index is 4.58. The molecule has 1 aliphatic heterocycles. The van der Waals surface area contributed by atoms with Gasteiger partial charge in [0, 0.05) is 10.9 Å². The van der Waals surface area contributed by atoms with Crippen molar-refractivity contribution in [3.63, 3.8) is 0 Å². The molecule has 2 heteroatoms. The van der Waals surface area contributed by atoms with Gasteiger partial charge in [0.15, 0.2) is 0 Å². The van der Waals surface area contributed by atoms with E-state index in [1.807, 2.05) is 0 Å². The Hall–Kier alpha value is -0.500. The van der Waals surface area contributed by atoms with Crippen molar-refractivity contribution in [2.45, 2.75) is 31.4 Å². The van der Waals surface area contributed by atoms with Crippen LogP contribution in [0.15, 0.2) is 18.2 Å². The van der Waals surface area contributed by atoms with Gasteiger partial charge in [-0.05, 0) is 37.7 Å². The molecule has 2 heterocycles.